The van der Waals surface area contributed by atoms with Gasteiger partial charge in [0.2, 0.25) is 0 Å². The van der Waals surface area contributed by atoms with E-state index in [1.54, 1.807) is 0 Å². The topological polar surface area (TPSA) is 0 Å². The van der Waals surface area contributed by atoms with Gasteiger partial charge in [-0.25, -0.2) is 0 Å². The fourth-order valence-corrected chi connectivity index (χ4v) is 0. The molecule has 0 atom stereocenters. The smallest absolute Gasteiger partial charge is 1.00 e. The Morgan fingerprint density at radius 2 is 0.750 bits per heavy atom. The maximum Gasteiger partial charge on any atom is 2.00 e. The van der Waals surface area contributed by atoms with Crippen LogP contribution >= 0.6 is 0 Å². The molecule has 4 heteroatoms. The standard InChI is InChI=1S/2ClH.Co.Zn/h2*1H;;/q;;;+2/p-2. The fraction of sp³-hybridized carbons (Fsp3) is 0. The molecule has 0 rings (SSSR count). The third-order valence-corrected chi connectivity index (χ3v) is 0. The molecule has 0 aliphatic heterocycles. The van der Waals surface area contributed by atoms with E-state index in [0.717, 1.165) is 0 Å². The van der Waals surface area contributed by atoms with Gasteiger partial charge in [0.15, 0.2) is 0 Å². The maximum absolute atomic E-state index is 0. The van der Waals surface area contributed by atoms with Crippen molar-refractivity contribution in [3.05, 3.63) is 0 Å². The molecule has 0 fully saturated rings. The number of halogens is 2. The number of rotatable bonds is 0. The normalized spacial score (nSPS) is 0. The van der Waals surface area contributed by atoms with E-state index < -0.39 is 0 Å². The van der Waals surface area contributed by atoms with Crippen molar-refractivity contribution in [1.82, 2.24) is 0 Å². The van der Waals surface area contributed by atoms with Crippen LogP contribution < -0.4 is 24.8 Å². The average molecular weight is 195 g/mol. The average Bonchev–Trinajstić information content (AvgIpc) is 0. The second-order valence-corrected chi connectivity index (χ2v) is 0. The van der Waals surface area contributed by atoms with Crippen molar-refractivity contribution in [3.63, 3.8) is 0 Å². The van der Waals surface area contributed by atoms with Crippen LogP contribution in [0, 0.1) is 0 Å². The Morgan fingerprint density at radius 1 is 0.750 bits per heavy atom. The van der Waals surface area contributed by atoms with Gasteiger partial charge < -0.3 is 24.8 Å². The minimum absolute atomic E-state index is 0. The molecule has 0 aromatic rings. The summed E-state index contributed by atoms with van der Waals surface area (Å²) in [5.74, 6) is 0. The number of hydrogen-bond acceptors (Lipinski definition) is 0. The Hall–Kier alpha value is 1.71. The Morgan fingerprint density at radius 3 is 0.750 bits per heavy atom. The molecule has 0 amide bonds. The Bertz CT molecular complexity index is 6.00. The van der Waals surface area contributed by atoms with Gasteiger partial charge in [0.1, 0.15) is 0 Å². The quantitative estimate of drug-likeness (QED) is 0.338. The minimum Gasteiger partial charge on any atom is -1.00 e. The molecule has 0 aliphatic carbocycles. The van der Waals surface area contributed by atoms with Crippen molar-refractivity contribution in [2.45, 2.75) is 0 Å². The van der Waals surface area contributed by atoms with Crippen molar-refractivity contribution in [2.75, 3.05) is 0 Å². The van der Waals surface area contributed by atoms with Gasteiger partial charge in [-0.2, -0.15) is 0 Å². The fourth-order valence-electron chi connectivity index (χ4n) is 0. The molecular weight excluding hydrogens is 195 g/mol. The molecule has 0 aromatic heterocycles. The van der Waals surface area contributed by atoms with Crippen LogP contribution in [0.4, 0.5) is 0 Å². The zero-order valence-electron chi connectivity index (χ0n) is 1.80. The summed E-state index contributed by atoms with van der Waals surface area (Å²) < 4.78 is 0. The summed E-state index contributed by atoms with van der Waals surface area (Å²) in [5, 5.41) is 0. The van der Waals surface area contributed by atoms with Gasteiger partial charge in [0, 0.05) is 16.8 Å². The largest absolute Gasteiger partial charge is 2.00 e. The first kappa shape index (κ1) is 43.3. The van der Waals surface area contributed by atoms with E-state index in [-0.39, 0.29) is 61.1 Å². The van der Waals surface area contributed by atoms with E-state index >= 15 is 0 Å². The van der Waals surface area contributed by atoms with E-state index in [1.807, 2.05) is 0 Å². The first-order valence-corrected chi connectivity index (χ1v) is 0. The predicted molar refractivity (Wildman–Crippen MR) is 0 cm³/mol. The minimum atomic E-state index is 0. The van der Waals surface area contributed by atoms with Crippen molar-refractivity contribution < 1.29 is 61.1 Å². The third-order valence-electron chi connectivity index (χ3n) is 0. The molecule has 0 aliphatic rings. The SMILES string of the molecule is [Cl-].[Cl-].[Co].[Zn+2]. The number of hydrogen-bond donors (Lipinski definition) is 0. The van der Waals surface area contributed by atoms with E-state index in [4.69, 9.17) is 0 Å². The summed E-state index contributed by atoms with van der Waals surface area (Å²) in [5.41, 5.74) is 0. The molecule has 0 aromatic carbocycles. The molecule has 0 saturated heterocycles. The van der Waals surface area contributed by atoms with Gasteiger partial charge >= 0.3 is 19.5 Å². The molecule has 4 heavy (non-hydrogen) atoms. The summed E-state index contributed by atoms with van der Waals surface area (Å²) in [6.07, 6.45) is 0. The van der Waals surface area contributed by atoms with E-state index in [2.05, 4.69) is 0 Å². The molecule has 1 radical (unpaired) electrons. The second-order valence-electron chi connectivity index (χ2n) is 0. The van der Waals surface area contributed by atoms with E-state index in [1.165, 1.54) is 0 Å². The summed E-state index contributed by atoms with van der Waals surface area (Å²) in [6, 6.07) is 0. The van der Waals surface area contributed by atoms with Gasteiger partial charge in [-0.05, 0) is 0 Å². The van der Waals surface area contributed by atoms with Crippen LogP contribution in [0.2, 0.25) is 0 Å². The van der Waals surface area contributed by atoms with Crippen molar-refractivity contribution in [1.29, 1.82) is 0 Å². The van der Waals surface area contributed by atoms with Crippen LogP contribution in [0.5, 0.6) is 0 Å². The van der Waals surface area contributed by atoms with Crippen molar-refractivity contribution in [2.24, 2.45) is 0 Å². The Kier molecular flexibility index (Phi) is 240. The van der Waals surface area contributed by atoms with Gasteiger partial charge in [-0.15, -0.1) is 0 Å². The molecular formula is Cl2CoZn. The van der Waals surface area contributed by atoms with E-state index in [0.29, 0.717) is 0 Å². The summed E-state index contributed by atoms with van der Waals surface area (Å²) in [7, 11) is 0. The molecule has 0 bridgehead atoms. The molecule has 0 N–H and O–H groups in total. The van der Waals surface area contributed by atoms with Crippen molar-refractivity contribution in [3.8, 4) is 0 Å². The Labute approximate surface area is 60.9 Å². The van der Waals surface area contributed by atoms with Crippen LogP contribution in [0.15, 0.2) is 0 Å². The zero-order chi connectivity index (χ0) is 0. The first-order chi connectivity index (χ1) is 0. The molecule has 25 valence electrons. The second kappa shape index (κ2) is 22.2. The van der Waals surface area contributed by atoms with Gasteiger partial charge in [-0.1, -0.05) is 0 Å². The van der Waals surface area contributed by atoms with Gasteiger partial charge in [-0.3, -0.25) is 0 Å². The monoisotopic (exact) mass is 193 g/mol. The summed E-state index contributed by atoms with van der Waals surface area (Å²) in [6.45, 7) is 0. The Balaban J connectivity index is 0. The van der Waals surface area contributed by atoms with Gasteiger partial charge in [0.25, 0.3) is 0 Å². The molecule has 0 heterocycles. The van der Waals surface area contributed by atoms with E-state index in [9.17, 15) is 0 Å². The van der Waals surface area contributed by atoms with Crippen LogP contribution in [-0.2, 0) is 36.3 Å². The van der Waals surface area contributed by atoms with Crippen molar-refractivity contribution >= 4 is 0 Å². The van der Waals surface area contributed by atoms with Crippen LogP contribution in [0.1, 0.15) is 0 Å². The van der Waals surface area contributed by atoms with Crippen LogP contribution in [-0.4, -0.2) is 0 Å². The molecule has 0 unspecified atom stereocenters. The first-order valence-electron chi connectivity index (χ1n) is 0. The third kappa shape index (κ3) is 9.32. The van der Waals surface area contributed by atoms with Gasteiger partial charge in [0.05, 0.1) is 0 Å². The molecule has 0 spiro atoms. The van der Waals surface area contributed by atoms with Crippen LogP contribution in [0.3, 0.4) is 0 Å². The van der Waals surface area contributed by atoms with Crippen LogP contribution in [0.25, 0.3) is 0 Å². The molecule has 0 saturated carbocycles. The maximum atomic E-state index is 0. The predicted octanol–water partition coefficient (Wildman–Crippen LogP) is -6.00. The summed E-state index contributed by atoms with van der Waals surface area (Å²) >= 11 is 0. The summed E-state index contributed by atoms with van der Waals surface area (Å²) in [4.78, 5) is 0. The molecule has 0 nitrogen and oxygen atoms in total. The zero-order valence-corrected chi connectivity index (χ0v) is 7.32.